The summed E-state index contributed by atoms with van der Waals surface area (Å²) in [6, 6.07) is 19.4. The maximum absolute atomic E-state index is 6.16. The van der Waals surface area contributed by atoms with Crippen molar-refractivity contribution < 1.29 is 0 Å². The fourth-order valence-electron chi connectivity index (χ4n) is 2.98. The van der Waals surface area contributed by atoms with Gasteiger partial charge in [0.25, 0.3) is 0 Å². The Morgan fingerprint density at radius 1 is 0.958 bits per heavy atom. The topological polar surface area (TPSA) is 51.3 Å². The number of nitrogen functional groups attached to an aromatic ring is 1. The third kappa shape index (κ3) is 2.31. The molecule has 0 saturated heterocycles. The van der Waals surface area contributed by atoms with E-state index in [0.29, 0.717) is 16.4 Å². The number of rotatable bonds is 2. The Morgan fingerprint density at radius 2 is 1.71 bits per heavy atom. The second-order valence-electron chi connectivity index (χ2n) is 5.51. The summed E-state index contributed by atoms with van der Waals surface area (Å²) in [6.07, 6.45) is 0. The van der Waals surface area contributed by atoms with E-state index in [1.54, 1.807) is 0 Å². The largest absolute Gasteiger partial charge is 0.397 e. The normalized spacial score (nSPS) is 11.0. The molecule has 0 aliphatic heterocycles. The minimum absolute atomic E-state index is 0.555. The number of hydrogen-bond acceptors (Lipinski definition) is 4. The molecule has 0 atom stereocenters. The number of aromatic nitrogens is 1. The highest BCUT2D eigenvalue weighted by atomic mass is 35.5. The standard InChI is InChI=1S/C19H12ClN3S/c20-12-6-7-13-16(10-12)22-18(11-4-2-1-3-5-11)14-8-9-15(21)19(23-24)17(13)14/h1-10H,21H2. The van der Waals surface area contributed by atoms with Gasteiger partial charge in [-0.05, 0) is 24.3 Å². The molecule has 3 aromatic carbocycles. The summed E-state index contributed by atoms with van der Waals surface area (Å²) in [5.74, 6) is 0. The number of nitrogens with zero attached hydrogens (tertiary/aromatic N) is 2. The van der Waals surface area contributed by atoms with E-state index >= 15 is 0 Å². The van der Waals surface area contributed by atoms with Crippen molar-refractivity contribution in [1.29, 1.82) is 0 Å². The summed E-state index contributed by atoms with van der Waals surface area (Å²) in [5.41, 5.74) is 9.93. The molecule has 0 unspecified atom stereocenters. The van der Waals surface area contributed by atoms with Crippen molar-refractivity contribution in [2.75, 3.05) is 5.73 Å². The summed E-state index contributed by atoms with van der Waals surface area (Å²) >= 11 is 11.1. The Labute approximate surface area is 149 Å². The molecule has 1 heterocycles. The van der Waals surface area contributed by atoms with Gasteiger partial charge in [-0.2, -0.15) is 4.36 Å². The number of hydrogen-bond donors (Lipinski definition) is 1. The lowest BCUT2D eigenvalue weighted by atomic mass is 9.98. The number of pyridine rings is 1. The van der Waals surface area contributed by atoms with Gasteiger partial charge in [-0.3, -0.25) is 0 Å². The highest BCUT2D eigenvalue weighted by molar-refractivity contribution is 7.47. The SMILES string of the molecule is Nc1ccc2c(-c3ccccc3)nc3cc(Cl)ccc3c2c1N=S. The van der Waals surface area contributed by atoms with E-state index in [9.17, 15) is 0 Å². The molecular formula is C19H12ClN3S. The number of benzene rings is 3. The molecule has 0 radical (unpaired) electrons. The van der Waals surface area contributed by atoms with Crippen LogP contribution in [0.25, 0.3) is 32.9 Å². The first-order valence-electron chi connectivity index (χ1n) is 7.39. The quantitative estimate of drug-likeness (QED) is 0.375. The van der Waals surface area contributed by atoms with E-state index in [4.69, 9.17) is 34.7 Å². The van der Waals surface area contributed by atoms with Crippen molar-refractivity contribution in [3.8, 4) is 11.3 Å². The van der Waals surface area contributed by atoms with Crippen LogP contribution in [0.15, 0.2) is 65.0 Å². The van der Waals surface area contributed by atoms with Gasteiger partial charge >= 0.3 is 0 Å². The van der Waals surface area contributed by atoms with Crippen LogP contribution in [-0.2, 0) is 12.4 Å². The van der Waals surface area contributed by atoms with Crippen LogP contribution in [0.1, 0.15) is 0 Å². The van der Waals surface area contributed by atoms with Crippen LogP contribution in [-0.4, -0.2) is 4.98 Å². The molecule has 0 spiro atoms. The monoisotopic (exact) mass is 349 g/mol. The molecule has 24 heavy (non-hydrogen) atoms. The zero-order chi connectivity index (χ0) is 16.7. The number of halogens is 1. The first kappa shape index (κ1) is 15.0. The predicted octanol–water partition coefficient (Wildman–Crippen LogP) is 5.65. The van der Waals surface area contributed by atoms with Crippen molar-refractivity contribution in [2.24, 2.45) is 4.36 Å². The summed E-state index contributed by atoms with van der Waals surface area (Å²) < 4.78 is 4.00. The highest BCUT2D eigenvalue weighted by Gasteiger charge is 2.15. The van der Waals surface area contributed by atoms with Gasteiger partial charge < -0.3 is 5.73 Å². The summed E-state index contributed by atoms with van der Waals surface area (Å²) in [5, 5.41) is 3.44. The van der Waals surface area contributed by atoms with E-state index in [0.717, 1.165) is 32.9 Å². The van der Waals surface area contributed by atoms with Crippen LogP contribution < -0.4 is 5.73 Å². The molecule has 4 aromatic rings. The third-order valence-corrected chi connectivity index (χ3v) is 4.48. The number of nitrogens with two attached hydrogens (primary N) is 1. The van der Waals surface area contributed by atoms with Crippen LogP contribution >= 0.6 is 11.6 Å². The molecule has 0 amide bonds. The van der Waals surface area contributed by atoms with Gasteiger partial charge in [-0.25, -0.2) is 4.98 Å². The van der Waals surface area contributed by atoms with Crippen LogP contribution in [0.4, 0.5) is 11.4 Å². The van der Waals surface area contributed by atoms with E-state index in [1.807, 2.05) is 60.7 Å². The average Bonchev–Trinajstić information content (AvgIpc) is 2.61. The van der Waals surface area contributed by atoms with Crippen molar-refractivity contribution >= 4 is 57.1 Å². The summed E-state index contributed by atoms with van der Waals surface area (Å²) in [4.78, 5) is 4.84. The minimum atomic E-state index is 0.555. The van der Waals surface area contributed by atoms with Gasteiger partial charge in [0, 0.05) is 39.2 Å². The molecule has 116 valence electrons. The van der Waals surface area contributed by atoms with Crippen molar-refractivity contribution in [1.82, 2.24) is 4.98 Å². The van der Waals surface area contributed by atoms with Gasteiger partial charge in [0.1, 0.15) is 5.69 Å². The maximum Gasteiger partial charge on any atom is 0.108 e. The molecule has 0 fully saturated rings. The first-order valence-corrected chi connectivity index (χ1v) is 8.13. The molecule has 3 nitrogen and oxygen atoms in total. The Hall–Kier alpha value is -2.56. The van der Waals surface area contributed by atoms with Gasteiger partial charge in [-0.1, -0.05) is 48.0 Å². The van der Waals surface area contributed by atoms with E-state index in [1.165, 1.54) is 0 Å². The van der Waals surface area contributed by atoms with Crippen LogP contribution in [0.3, 0.4) is 0 Å². The van der Waals surface area contributed by atoms with Crippen molar-refractivity contribution in [3.63, 3.8) is 0 Å². The first-order chi connectivity index (χ1) is 11.7. The van der Waals surface area contributed by atoms with Crippen molar-refractivity contribution in [3.05, 3.63) is 65.7 Å². The molecule has 0 aliphatic rings. The van der Waals surface area contributed by atoms with E-state index < -0.39 is 0 Å². The summed E-state index contributed by atoms with van der Waals surface area (Å²) in [7, 11) is 0. The Balaban J connectivity index is 2.26. The van der Waals surface area contributed by atoms with Gasteiger partial charge in [0.05, 0.1) is 16.9 Å². The lowest BCUT2D eigenvalue weighted by molar-refractivity contribution is 1.42. The molecule has 1 aromatic heterocycles. The van der Waals surface area contributed by atoms with E-state index in [2.05, 4.69) is 4.36 Å². The molecule has 4 rings (SSSR count). The lowest BCUT2D eigenvalue weighted by Gasteiger charge is -2.13. The molecule has 0 saturated carbocycles. The summed E-state index contributed by atoms with van der Waals surface area (Å²) in [6.45, 7) is 0. The number of anilines is 1. The zero-order valence-corrected chi connectivity index (χ0v) is 14.1. The Morgan fingerprint density at radius 3 is 2.46 bits per heavy atom. The Bertz CT molecular complexity index is 1090. The number of fused-ring (bicyclic) bond motifs is 3. The van der Waals surface area contributed by atoms with Crippen LogP contribution in [0, 0.1) is 0 Å². The lowest BCUT2D eigenvalue weighted by Crippen LogP contribution is -1.93. The van der Waals surface area contributed by atoms with Gasteiger partial charge in [0.2, 0.25) is 0 Å². The molecule has 0 bridgehead atoms. The fourth-order valence-corrected chi connectivity index (χ4v) is 3.34. The minimum Gasteiger partial charge on any atom is -0.397 e. The van der Waals surface area contributed by atoms with E-state index in [-0.39, 0.29) is 0 Å². The van der Waals surface area contributed by atoms with Crippen LogP contribution in [0.2, 0.25) is 5.02 Å². The third-order valence-electron chi connectivity index (χ3n) is 4.06. The molecular weight excluding hydrogens is 338 g/mol. The van der Waals surface area contributed by atoms with Gasteiger partial charge in [-0.15, -0.1) is 0 Å². The van der Waals surface area contributed by atoms with Crippen LogP contribution in [0.5, 0.6) is 0 Å². The fraction of sp³-hybridized carbons (Fsp3) is 0. The predicted molar refractivity (Wildman–Crippen MR) is 104 cm³/mol. The van der Waals surface area contributed by atoms with Crippen molar-refractivity contribution in [2.45, 2.75) is 0 Å². The molecule has 5 heteroatoms. The molecule has 0 aliphatic carbocycles. The Kier molecular flexibility index (Phi) is 3.63. The maximum atomic E-state index is 6.16. The second-order valence-corrected chi connectivity index (χ2v) is 6.12. The van der Waals surface area contributed by atoms with Gasteiger partial charge in [0.15, 0.2) is 0 Å². The highest BCUT2D eigenvalue weighted by Crippen LogP contribution is 2.41. The second kappa shape index (κ2) is 5.82. The zero-order valence-electron chi connectivity index (χ0n) is 12.5. The average molecular weight is 350 g/mol. The molecule has 2 N–H and O–H groups in total. The smallest absolute Gasteiger partial charge is 0.108 e.